The van der Waals surface area contributed by atoms with Crippen LogP contribution in [0.25, 0.3) is 0 Å². The van der Waals surface area contributed by atoms with Crippen LogP contribution in [0.5, 0.6) is 17.2 Å². The fraction of sp³-hybridized carbons (Fsp3) is 0.409. The molecule has 0 bridgehead atoms. The van der Waals surface area contributed by atoms with Crippen molar-refractivity contribution in [2.45, 2.75) is 18.9 Å². The zero-order chi connectivity index (χ0) is 19.9. The average molecular weight is 384 g/mol. The molecule has 6 nitrogen and oxygen atoms in total. The van der Waals surface area contributed by atoms with Gasteiger partial charge in [0.1, 0.15) is 5.75 Å². The van der Waals surface area contributed by atoms with Crippen LogP contribution in [0.4, 0.5) is 0 Å². The molecular weight excluding hydrogens is 356 g/mol. The first-order chi connectivity index (χ1) is 13.7. The van der Waals surface area contributed by atoms with Gasteiger partial charge >= 0.3 is 0 Å². The van der Waals surface area contributed by atoms with E-state index >= 15 is 0 Å². The van der Waals surface area contributed by atoms with Gasteiger partial charge in [-0.15, -0.1) is 0 Å². The number of hydrogen-bond donors (Lipinski definition) is 1. The summed E-state index contributed by atoms with van der Waals surface area (Å²) in [5, 5.41) is 3.08. The van der Waals surface area contributed by atoms with Crippen LogP contribution in [0.15, 0.2) is 42.5 Å². The Kier molecular flexibility index (Phi) is 6.76. The van der Waals surface area contributed by atoms with Gasteiger partial charge < -0.3 is 19.5 Å². The first-order valence-electron chi connectivity index (χ1n) is 9.55. The molecule has 6 heteroatoms. The average Bonchev–Trinajstić information content (AvgIpc) is 3.28. The van der Waals surface area contributed by atoms with Gasteiger partial charge in [0.25, 0.3) is 5.91 Å². The van der Waals surface area contributed by atoms with Crippen LogP contribution in [0.1, 0.15) is 34.8 Å². The fourth-order valence-corrected chi connectivity index (χ4v) is 3.68. The molecule has 1 aliphatic rings. The summed E-state index contributed by atoms with van der Waals surface area (Å²) in [5.41, 5.74) is 1.64. The third kappa shape index (κ3) is 4.39. The number of hydrogen-bond acceptors (Lipinski definition) is 5. The number of methoxy groups -OCH3 is 3. The van der Waals surface area contributed by atoms with Crippen LogP contribution < -0.4 is 19.5 Å². The second-order valence-electron chi connectivity index (χ2n) is 6.79. The van der Waals surface area contributed by atoms with Gasteiger partial charge in [0.2, 0.25) is 0 Å². The molecular formula is C22H28N2O4. The molecule has 28 heavy (non-hydrogen) atoms. The number of benzene rings is 2. The molecule has 1 aliphatic heterocycles. The zero-order valence-electron chi connectivity index (χ0n) is 16.7. The smallest absolute Gasteiger partial charge is 0.255 e. The van der Waals surface area contributed by atoms with Crippen LogP contribution in [-0.4, -0.2) is 51.8 Å². The molecule has 1 amide bonds. The quantitative estimate of drug-likeness (QED) is 0.757. The van der Waals surface area contributed by atoms with E-state index in [4.69, 9.17) is 14.2 Å². The van der Waals surface area contributed by atoms with Gasteiger partial charge in [0.05, 0.1) is 32.9 Å². The lowest BCUT2D eigenvalue weighted by Crippen LogP contribution is -2.36. The Bertz CT molecular complexity index is 789. The highest BCUT2D eigenvalue weighted by atomic mass is 16.5. The summed E-state index contributed by atoms with van der Waals surface area (Å²) in [6.45, 7) is 2.63. The maximum atomic E-state index is 12.9. The minimum Gasteiger partial charge on any atom is -0.496 e. The molecule has 2 aromatic carbocycles. The van der Waals surface area contributed by atoms with Gasteiger partial charge in [-0.3, -0.25) is 9.69 Å². The van der Waals surface area contributed by atoms with Crippen molar-refractivity contribution >= 4 is 5.91 Å². The van der Waals surface area contributed by atoms with Crippen molar-refractivity contribution in [1.29, 1.82) is 0 Å². The summed E-state index contributed by atoms with van der Waals surface area (Å²) in [6, 6.07) is 13.8. The van der Waals surface area contributed by atoms with E-state index in [1.54, 1.807) is 26.4 Å². The Morgan fingerprint density at radius 3 is 2.18 bits per heavy atom. The maximum absolute atomic E-state index is 12.9. The predicted molar refractivity (Wildman–Crippen MR) is 108 cm³/mol. The minimum atomic E-state index is -0.196. The van der Waals surface area contributed by atoms with Crippen molar-refractivity contribution < 1.29 is 19.0 Å². The molecule has 1 saturated heterocycles. The summed E-state index contributed by atoms with van der Waals surface area (Å²) < 4.78 is 16.0. The van der Waals surface area contributed by atoms with Gasteiger partial charge in [-0.1, -0.05) is 30.3 Å². The predicted octanol–water partition coefficient (Wildman–Crippen LogP) is 3.28. The first kappa shape index (κ1) is 20.0. The van der Waals surface area contributed by atoms with Crippen LogP contribution in [0.2, 0.25) is 0 Å². The van der Waals surface area contributed by atoms with Crippen molar-refractivity contribution in [2.75, 3.05) is 41.0 Å². The molecule has 0 saturated carbocycles. The largest absolute Gasteiger partial charge is 0.496 e. The number of amides is 1. The summed E-state index contributed by atoms with van der Waals surface area (Å²) in [7, 11) is 4.64. The van der Waals surface area contributed by atoms with E-state index in [1.165, 1.54) is 25.5 Å². The zero-order valence-corrected chi connectivity index (χ0v) is 16.7. The molecule has 0 spiro atoms. The Balaban J connectivity index is 1.79. The van der Waals surface area contributed by atoms with Crippen LogP contribution in [0, 0.1) is 0 Å². The molecule has 0 aliphatic carbocycles. The van der Waals surface area contributed by atoms with Crippen LogP contribution in [0.3, 0.4) is 0 Å². The minimum absolute atomic E-state index is 0.152. The van der Waals surface area contributed by atoms with Crippen molar-refractivity contribution in [1.82, 2.24) is 10.2 Å². The van der Waals surface area contributed by atoms with Crippen molar-refractivity contribution in [2.24, 2.45) is 0 Å². The highest BCUT2D eigenvalue weighted by Gasteiger charge is 2.25. The second kappa shape index (κ2) is 9.46. The lowest BCUT2D eigenvalue weighted by atomic mass is 10.1. The molecule has 1 heterocycles. The first-order valence-corrected chi connectivity index (χ1v) is 9.55. The van der Waals surface area contributed by atoms with Gasteiger partial charge in [-0.2, -0.15) is 0 Å². The number of likely N-dealkylation sites (tertiary alicyclic amines) is 1. The van der Waals surface area contributed by atoms with E-state index in [1.807, 2.05) is 18.2 Å². The molecule has 1 N–H and O–H groups in total. The standard InChI is InChI=1S/C22H28N2O4/c1-26-19-14-21(28-3)20(27-2)13-17(19)22(25)23-15-18(24-11-7-8-12-24)16-9-5-4-6-10-16/h4-6,9-10,13-14,18H,7-8,11-12,15H2,1-3H3,(H,23,25). The summed E-state index contributed by atoms with van der Waals surface area (Å²) >= 11 is 0. The third-order valence-corrected chi connectivity index (χ3v) is 5.17. The normalized spacial score (nSPS) is 15.1. The van der Waals surface area contributed by atoms with E-state index in [0.717, 1.165) is 13.1 Å². The van der Waals surface area contributed by atoms with E-state index in [9.17, 15) is 4.79 Å². The number of ether oxygens (including phenoxy) is 3. The number of nitrogens with one attached hydrogen (secondary N) is 1. The van der Waals surface area contributed by atoms with Crippen LogP contribution >= 0.6 is 0 Å². The topological polar surface area (TPSA) is 60.0 Å². The maximum Gasteiger partial charge on any atom is 0.255 e. The molecule has 0 radical (unpaired) electrons. The lowest BCUT2D eigenvalue weighted by Gasteiger charge is -2.28. The fourth-order valence-electron chi connectivity index (χ4n) is 3.68. The molecule has 1 atom stereocenters. The van der Waals surface area contributed by atoms with Crippen LogP contribution in [-0.2, 0) is 0 Å². The Labute approximate surface area is 166 Å². The highest BCUT2D eigenvalue weighted by molar-refractivity contribution is 5.97. The highest BCUT2D eigenvalue weighted by Crippen LogP contribution is 2.34. The number of rotatable bonds is 8. The van der Waals surface area contributed by atoms with Gasteiger partial charge in [0, 0.05) is 18.7 Å². The van der Waals surface area contributed by atoms with Crippen molar-refractivity contribution in [3.8, 4) is 17.2 Å². The summed E-state index contributed by atoms with van der Waals surface area (Å²) in [5.74, 6) is 1.27. The Hall–Kier alpha value is -2.73. The molecule has 1 fully saturated rings. The van der Waals surface area contributed by atoms with E-state index in [-0.39, 0.29) is 11.9 Å². The van der Waals surface area contributed by atoms with Gasteiger partial charge in [-0.05, 0) is 31.5 Å². The van der Waals surface area contributed by atoms with E-state index in [2.05, 4.69) is 22.3 Å². The molecule has 0 aromatic heterocycles. The third-order valence-electron chi connectivity index (χ3n) is 5.17. The van der Waals surface area contributed by atoms with E-state index in [0.29, 0.717) is 29.4 Å². The van der Waals surface area contributed by atoms with Crippen molar-refractivity contribution in [3.63, 3.8) is 0 Å². The summed E-state index contributed by atoms with van der Waals surface area (Å²) in [4.78, 5) is 15.4. The molecule has 2 aromatic rings. The summed E-state index contributed by atoms with van der Waals surface area (Å²) in [6.07, 6.45) is 2.39. The lowest BCUT2D eigenvalue weighted by molar-refractivity contribution is 0.0934. The van der Waals surface area contributed by atoms with Gasteiger partial charge in [-0.25, -0.2) is 0 Å². The number of carbonyl (C=O) groups is 1. The Morgan fingerprint density at radius 1 is 0.964 bits per heavy atom. The monoisotopic (exact) mass is 384 g/mol. The van der Waals surface area contributed by atoms with Gasteiger partial charge in [0.15, 0.2) is 11.5 Å². The Morgan fingerprint density at radius 2 is 1.57 bits per heavy atom. The second-order valence-corrected chi connectivity index (χ2v) is 6.79. The van der Waals surface area contributed by atoms with E-state index < -0.39 is 0 Å². The number of nitrogens with zero attached hydrogens (tertiary/aromatic N) is 1. The molecule has 150 valence electrons. The van der Waals surface area contributed by atoms with Crippen molar-refractivity contribution in [3.05, 3.63) is 53.6 Å². The molecule has 1 unspecified atom stereocenters. The number of carbonyl (C=O) groups excluding carboxylic acids is 1. The molecule has 3 rings (SSSR count). The SMILES string of the molecule is COc1cc(OC)c(C(=O)NCC(c2ccccc2)N2CCCC2)cc1OC.